The molecule has 1 saturated heterocycles. The third kappa shape index (κ3) is 1.81. The topological polar surface area (TPSA) is 127 Å². The SMILES string of the molecule is C#CC1(O)C(O)C(CO)OC1n1cc(C)c2c(N)ncnc21. The van der Waals surface area contributed by atoms with E-state index >= 15 is 0 Å². The first kappa shape index (κ1) is 14.7. The van der Waals surface area contributed by atoms with Gasteiger partial charge in [-0.05, 0) is 12.5 Å². The number of nitrogens with zero attached hydrogens (tertiary/aromatic N) is 3. The molecule has 2 aromatic heterocycles. The highest BCUT2D eigenvalue weighted by Crippen LogP contribution is 2.40. The van der Waals surface area contributed by atoms with Gasteiger partial charge in [-0.25, -0.2) is 9.97 Å². The van der Waals surface area contributed by atoms with E-state index in [1.165, 1.54) is 10.9 Å². The molecule has 2 aromatic rings. The van der Waals surface area contributed by atoms with Gasteiger partial charge in [0, 0.05) is 6.20 Å². The summed E-state index contributed by atoms with van der Waals surface area (Å²) in [5, 5.41) is 30.6. The van der Waals surface area contributed by atoms with Crippen molar-refractivity contribution in [2.24, 2.45) is 0 Å². The molecule has 5 N–H and O–H groups in total. The fraction of sp³-hybridized carbons (Fsp3) is 0.429. The second kappa shape index (κ2) is 4.93. The Kier molecular flexibility index (Phi) is 3.30. The van der Waals surface area contributed by atoms with Gasteiger partial charge in [-0.1, -0.05) is 5.92 Å². The summed E-state index contributed by atoms with van der Waals surface area (Å²) in [5.41, 5.74) is 5.06. The number of aliphatic hydroxyl groups excluding tert-OH is 2. The quantitative estimate of drug-likeness (QED) is 0.521. The monoisotopic (exact) mass is 304 g/mol. The Morgan fingerprint density at radius 3 is 2.91 bits per heavy atom. The summed E-state index contributed by atoms with van der Waals surface area (Å²) in [5.74, 6) is 2.46. The summed E-state index contributed by atoms with van der Waals surface area (Å²) in [7, 11) is 0. The van der Waals surface area contributed by atoms with Crippen LogP contribution in [0.25, 0.3) is 11.0 Å². The number of aromatic nitrogens is 3. The molecule has 0 saturated carbocycles. The van der Waals surface area contributed by atoms with Crippen LogP contribution in [0.4, 0.5) is 5.82 Å². The maximum atomic E-state index is 10.6. The number of rotatable bonds is 2. The van der Waals surface area contributed by atoms with Crippen LogP contribution in [0.3, 0.4) is 0 Å². The Morgan fingerprint density at radius 2 is 2.27 bits per heavy atom. The fourth-order valence-electron chi connectivity index (χ4n) is 2.83. The number of fused-ring (bicyclic) bond motifs is 1. The molecule has 0 aromatic carbocycles. The van der Waals surface area contributed by atoms with Crippen LogP contribution in [-0.4, -0.2) is 54.3 Å². The molecule has 1 fully saturated rings. The highest BCUT2D eigenvalue weighted by Gasteiger charge is 2.55. The van der Waals surface area contributed by atoms with Crippen LogP contribution in [0.1, 0.15) is 11.8 Å². The number of aliphatic hydroxyl groups is 3. The first-order chi connectivity index (χ1) is 10.4. The van der Waals surface area contributed by atoms with Gasteiger partial charge >= 0.3 is 0 Å². The van der Waals surface area contributed by atoms with Crippen LogP contribution in [0.15, 0.2) is 12.5 Å². The van der Waals surface area contributed by atoms with Gasteiger partial charge in [-0.3, -0.25) is 0 Å². The van der Waals surface area contributed by atoms with Gasteiger partial charge in [-0.2, -0.15) is 0 Å². The lowest BCUT2D eigenvalue weighted by Crippen LogP contribution is -2.45. The number of aryl methyl sites for hydroxylation is 1. The predicted molar refractivity (Wildman–Crippen MR) is 77.5 cm³/mol. The first-order valence-corrected chi connectivity index (χ1v) is 6.66. The second-order valence-electron chi connectivity index (χ2n) is 5.30. The van der Waals surface area contributed by atoms with Crippen molar-refractivity contribution in [1.29, 1.82) is 0 Å². The Labute approximate surface area is 126 Å². The molecule has 8 heteroatoms. The van der Waals surface area contributed by atoms with Crippen molar-refractivity contribution in [3.05, 3.63) is 18.1 Å². The number of terminal acetylenes is 1. The van der Waals surface area contributed by atoms with Crippen LogP contribution < -0.4 is 5.73 Å². The molecule has 3 rings (SSSR count). The number of ether oxygens (including phenoxy) is 1. The van der Waals surface area contributed by atoms with Gasteiger partial charge < -0.3 is 30.4 Å². The molecule has 4 atom stereocenters. The zero-order valence-electron chi connectivity index (χ0n) is 11.8. The zero-order valence-corrected chi connectivity index (χ0v) is 11.8. The standard InChI is InChI=1S/C14H16N4O4/c1-3-14(21)10(20)8(5-19)22-13(14)18-4-7(2)9-11(15)16-6-17-12(9)18/h1,4,6,8,10,13,19-21H,5H2,2H3,(H2,15,16,17). The fourth-order valence-corrected chi connectivity index (χ4v) is 2.83. The van der Waals surface area contributed by atoms with Gasteiger partial charge in [0.1, 0.15) is 30.0 Å². The highest BCUT2D eigenvalue weighted by molar-refractivity contribution is 5.89. The number of nitrogen functional groups attached to an aromatic ring is 1. The van der Waals surface area contributed by atoms with Gasteiger partial charge in [0.2, 0.25) is 0 Å². The first-order valence-electron chi connectivity index (χ1n) is 6.66. The summed E-state index contributed by atoms with van der Waals surface area (Å²) in [6.45, 7) is 1.33. The molecule has 0 radical (unpaired) electrons. The van der Waals surface area contributed by atoms with Crippen LogP contribution in [0.2, 0.25) is 0 Å². The summed E-state index contributed by atoms with van der Waals surface area (Å²) in [4.78, 5) is 8.08. The van der Waals surface area contributed by atoms with E-state index in [1.54, 1.807) is 6.20 Å². The van der Waals surface area contributed by atoms with E-state index < -0.39 is 30.6 Å². The van der Waals surface area contributed by atoms with Crippen molar-refractivity contribution in [3.63, 3.8) is 0 Å². The highest BCUT2D eigenvalue weighted by atomic mass is 16.6. The van der Waals surface area contributed by atoms with E-state index in [0.29, 0.717) is 16.9 Å². The normalized spacial score (nSPS) is 31.5. The van der Waals surface area contributed by atoms with Gasteiger partial charge in [-0.15, -0.1) is 6.42 Å². The van der Waals surface area contributed by atoms with E-state index in [1.807, 2.05) is 6.92 Å². The van der Waals surface area contributed by atoms with Crippen molar-refractivity contribution in [3.8, 4) is 12.3 Å². The lowest BCUT2D eigenvalue weighted by molar-refractivity contribution is -0.0718. The van der Waals surface area contributed by atoms with Crippen LogP contribution >= 0.6 is 0 Å². The van der Waals surface area contributed by atoms with E-state index in [9.17, 15) is 15.3 Å². The van der Waals surface area contributed by atoms with Crippen LogP contribution in [-0.2, 0) is 4.74 Å². The maximum absolute atomic E-state index is 10.6. The van der Waals surface area contributed by atoms with Crippen molar-refractivity contribution < 1.29 is 20.1 Å². The third-order valence-electron chi connectivity index (χ3n) is 3.98. The summed E-state index contributed by atoms with van der Waals surface area (Å²) in [6, 6.07) is 0. The molecule has 0 aliphatic carbocycles. The smallest absolute Gasteiger partial charge is 0.199 e. The van der Waals surface area contributed by atoms with Crippen molar-refractivity contribution in [1.82, 2.24) is 14.5 Å². The molecule has 1 aliphatic heterocycles. The Bertz CT molecular complexity index is 768. The number of nitrogens with two attached hydrogens (primary N) is 1. The Balaban J connectivity index is 2.20. The minimum Gasteiger partial charge on any atom is -0.394 e. The van der Waals surface area contributed by atoms with Gasteiger partial charge in [0.05, 0.1) is 12.0 Å². The summed E-state index contributed by atoms with van der Waals surface area (Å²) >= 11 is 0. The summed E-state index contributed by atoms with van der Waals surface area (Å²) in [6.07, 6.45) is 4.82. The molecular formula is C14H16N4O4. The molecule has 116 valence electrons. The van der Waals surface area contributed by atoms with Gasteiger partial charge in [0.25, 0.3) is 0 Å². The van der Waals surface area contributed by atoms with Crippen LogP contribution in [0.5, 0.6) is 0 Å². The number of hydrogen-bond acceptors (Lipinski definition) is 7. The van der Waals surface area contributed by atoms with E-state index in [4.69, 9.17) is 16.9 Å². The number of anilines is 1. The average Bonchev–Trinajstić information content (AvgIpc) is 2.97. The average molecular weight is 304 g/mol. The van der Waals surface area contributed by atoms with Gasteiger partial charge in [0.15, 0.2) is 11.8 Å². The molecule has 8 nitrogen and oxygen atoms in total. The Morgan fingerprint density at radius 1 is 1.55 bits per heavy atom. The molecule has 3 heterocycles. The van der Waals surface area contributed by atoms with Crippen molar-refractivity contribution in [2.75, 3.05) is 12.3 Å². The summed E-state index contributed by atoms with van der Waals surface area (Å²) < 4.78 is 7.05. The minimum absolute atomic E-state index is 0.294. The minimum atomic E-state index is -1.99. The second-order valence-corrected chi connectivity index (χ2v) is 5.30. The van der Waals surface area contributed by atoms with E-state index in [2.05, 4.69) is 15.9 Å². The molecule has 22 heavy (non-hydrogen) atoms. The van der Waals surface area contributed by atoms with Crippen molar-refractivity contribution >= 4 is 16.9 Å². The lowest BCUT2D eigenvalue weighted by Gasteiger charge is -2.26. The molecule has 0 amide bonds. The largest absolute Gasteiger partial charge is 0.394 e. The predicted octanol–water partition coefficient (Wildman–Crippen LogP) is -1.06. The molecule has 0 spiro atoms. The third-order valence-corrected chi connectivity index (χ3v) is 3.98. The van der Waals surface area contributed by atoms with E-state index in [0.717, 1.165) is 5.56 Å². The van der Waals surface area contributed by atoms with E-state index in [-0.39, 0.29) is 0 Å². The lowest BCUT2D eigenvalue weighted by atomic mass is 9.95. The maximum Gasteiger partial charge on any atom is 0.199 e. The molecule has 4 unspecified atom stereocenters. The number of hydrogen-bond donors (Lipinski definition) is 4. The zero-order chi connectivity index (χ0) is 16.1. The van der Waals surface area contributed by atoms with Crippen molar-refractivity contribution in [2.45, 2.75) is 31.0 Å². The molecule has 1 aliphatic rings. The van der Waals surface area contributed by atoms with Crippen LogP contribution in [0, 0.1) is 19.3 Å². The molecule has 0 bridgehead atoms. The molecular weight excluding hydrogens is 288 g/mol. The Hall–Kier alpha value is -2.18.